The monoisotopic (exact) mass is 412 g/mol. The second-order valence-electron chi connectivity index (χ2n) is 6.71. The van der Waals surface area contributed by atoms with Gasteiger partial charge in [-0.05, 0) is 44.9 Å². The SMILES string of the molecule is CC(C)S(=O)(=O)c1c(Cl)ccc(NC(=O)NC2CCCc3occc32)c1O. The van der Waals surface area contributed by atoms with Crippen LogP contribution in [0.5, 0.6) is 5.75 Å². The van der Waals surface area contributed by atoms with Crippen molar-refractivity contribution in [1.82, 2.24) is 5.32 Å². The summed E-state index contributed by atoms with van der Waals surface area (Å²) >= 11 is 5.99. The Morgan fingerprint density at radius 1 is 1.33 bits per heavy atom. The predicted octanol–water partition coefficient (Wildman–Crippen LogP) is 4.02. The first-order valence-corrected chi connectivity index (χ1v) is 10.5. The van der Waals surface area contributed by atoms with Crippen LogP contribution in [0.15, 0.2) is 33.8 Å². The Morgan fingerprint density at radius 3 is 2.78 bits per heavy atom. The molecular weight excluding hydrogens is 392 g/mol. The van der Waals surface area contributed by atoms with Crippen molar-refractivity contribution < 1.29 is 22.7 Å². The fourth-order valence-corrected chi connectivity index (χ4v) is 4.77. The summed E-state index contributed by atoms with van der Waals surface area (Å²) in [6.45, 7) is 2.98. The second-order valence-corrected chi connectivity index (χ2v) is 9.56. The first-order chi connectivity index (χ1) is 12.7. The van der Waals surface area contributed by atoms with Gasteiger partial charge < -0.3 is 20.2 Å². The number of amides is 2. The maximum absolute atomic E-state index is 12.5. The number of fused-ring (bicyclic) bond motifs is 1. The molecule has 0 aliphatic heterocycles. The lowest BCUT2D eigenvalue weighted by molar-refractivity contribution is 0.246. The summed E-state index contributed by atoms with van der Waals surface area (Å²) in [5.41, 5.74) is 0.902. The molecule has 0 saturated carbocycles. The largest absolute Gasteiger partial charge is 0.504 e. The molecule has 0 radical (unpaired) electrons. The van der Waals surface area contributed by atoms with Crippen LogP contribution in [-0.4, -0.2) is 24.8 Å². The number of nitrogens with one attached hydrogen (secondary N) is 2. The molecule has 2 amide bonds. The van der Waals surface area contributed by atoms with Crippen LogP contribution >= 0.6 is 11.6 Å². The summed E-state index contributed by atoms with van der Waals surface area (Å²) in [5.74, 6) is 0.283. The fourth-order valence-electron chi connectivity index (χ4n) is 3.11. The molecule has 2 aromatic rings. The third-order valence-corrected chi connectivity index (χ3v) is 7.24. The Hall–Kier alpha value is -2.19. The molecular formula is C18H21ClN2O5S. The molecule has 1 aromatic heterocycles. The van der Waals surface area contributed by atoms with Gasteiger partial charge in [0.25, 0.3) is 0 Å². The van der Waals surface area contributed by atoms with Crippen molar-refractivity contribution >= 4 is 33.2 Å². The maximum Gasteiger partial charge on any atom is 0.319 e. The fraction of sp³-hybridized carbons (Fsp3) is 0.389. The Bertz CT molecular complexity index is 968. The van der Waals surface area contributed by atoms with E-state index in [1.165, 1.54) is 26.0 Å². The van der Waals surface area contributed by atoms with Gasteiger partial charge in [-0.2, -0.15) is 0 Å². The molecule has 0 spiro atoms. The number of urea groups is 1. The van der Waals surface area contributed by atoms with E-state index < -0.39 is 26.9 Å². The van der Waals surface area contributed by atoms with Gasteiger partial charge in [0.1, 0.15) is 10.7 Å². The van der Waals surface area contributed by atoms with Gasteiger partial charge in [-0.25, -0.2) is 13.2 Å². The van der Waals surface area contributed by atoms with Crippen LogP contribution in [0.4, 0.5) is 10.5 Å². The first kappa shape index (κ1) is 19.6. The minimum atomic E-state index is -3.82. The number of aryl methyl sites for hydroxylation is 1. The van der Waals surface area contributed by atoms with Crippen LogP contribution in [0.1, 0.15) is 44.1 Å². The molecule has 7 nitrogen and oxygen atoms in total. The minimum absolute atomic E-state index is 0.0284. The number of carbonyl (C=O) groups excluding carboxylic acids is 1. The number of halogens is 1. The van der Waals surface area contributed by atoms with Gasteiger partial charge >= 0.3 is 6.03 Å². The third-order valence-electron chi connectivity index (χ3n) is 4.59. The summed E-state index contributed by atoms with van der Waals surface area (Å²) in [6, 6.07) is 3.76. The molecule has 27 heavy (non-hydrogen) atoms. The molecule has 1 aliphatic carbocycles. The van der Waals surface area contributed by atoms with Crippen molar-refractivity contribution in [2.45, 2.75) is 49.3 Å². The third kappa shape index (κ3) is 3.77. The van der Waals surface area contributed by atoms with E-state index >= 15 is 0 Å². The number of hydrogen-bond donors (Lipinski definition) is 3. The van der Waals surface area contributed by atoms with Crippen molar-refractivity contribution in [3.8, 4) is 5.75 Å². The number of phenolic OH excluding ortho intramolecular Hbond substituents is 1. The number of benzene rings is 1. The number of anilines is 1. The van der Waals surface area contributed by atoms with E-state index in [2.05, 4.69) is 10.6 Å². The first-order valence-electron chi connectivity index (χ1n) is 8.61. The Balaban J connectivity index is 1.82. The highest BCUT2D eigenvalue weighted by atomic mass is 35.5. The van der Waals surface area contributed by atoms with Crippen LogP contribution in [0.2, 0.25) is 5.02 Å². The van der Waals surface area contributed by atoms with E-state index in [-0.39, 0.29) is 21.6 Å². The van der Waals surface area contributed by atoms with Crippen molar-refractivity contribution in [2.24, 2.45) is 0 Å². The van der Waals surface area contributed by atoms with Crippen molar-refractivity contribution in [3.63, 3.8) is 0 Å². The van der Waals surface area contributed by atoms with Crippen molar-refractivity contribution in [2.75, 3.05) is 5.32 Å². The lowest BCUT2D eigenvalue weighted by Gasteiger charge is -2.23. The summed E-state index contributed by atoms with van der Waals surface area (Å²) in [5, 5.41) is 14.9. The molecule has 0 saturated heterocycles. The van der Waals surface area contributed by atoms with Crippen LogP contribution in [0.3, 0.4) is 0 Å². The topological polar surface area (TPSA) is 109 Å². The maximum atomic E-state index is 12.5. The zero-order valence-corrected chi connectivity index (χ0v) is 16.5. The Kier molecular flexibility index (Phi) is 5.39. The van der Waals surface area contributed by atoms with E-state index in [4.69, 9.17) is 16.0 Å². The quantitative estimate of drug-likeness (QED) is 0.657. The highest BCUT2D eigenvalue weighted by Gasteiger charge is 2.29. The van der Waals surface area contributed by atoms with E-state index in [0.717, 1.165) is 30.6 Å². The number of hydrogen-bond acceptors (Lipinski definition) is 5. The number of phenols is 1. The molecule has 1 aliphatic rings. The van der Waals surface area contributed by atoms with Crippen LogP contribution in [0, 0.1) is 0 Å². The van der Waals surface area contributed by atoms with Crippen LogP contribution < -0.4 is 10.6 Å². The lowest BCUT2D eigenvalue weighted by atomic mass is 9.93. The second kappa shape index (κ2) is 7.44. The van der Waals surface area contributed by atoms with E-state index in [1.807, 2.05) is 6.07 Å². The van der Waals surface area contributed by atoms with Gasteiger partial charge in [0, 0.05) is 12.0 Å². The molecule has 9 heteroatoms. The van der Waals surface area contributed by atoms with E-state index in [0.29, 0.717) is 0 Å². The van der Waals surface area contributed by atoms with Gasteiger partial charge in [0.15, 0.2) is 15.6 Å². The minimum Gasteiger partial charge on any atom is -0.504 e. The Labute approximate surface area is 162 Å². The zero-order valence-electron chi connectivity index (χ0n) is 15.0. The van der Waals surface area contributed by atoms with E-state index in [1.54, 1.807) is 6.26 Å². The number of rotatable bonds is 4. The number of sulfone groups is 1. The molecule has 3 N–H and O–H groups in total. The average molecular weight is 413 g/mol. The average Bonchev–Trinajstić information content (AvgIpc) is 3.07. The normalized spacial score (nSPS) is 16.8. The number of carbonyl (C=O) groups is 1. The van der Waals surface area contributed by atoms with Gasteiger partial charge in [-0.15, -0.1) is 0 Å². The summed E-state index contributed by atoms with van der Waals surface area (Å²) in [4.78, 5) is 12.0. The molecule has 0 bridgehead atoms. The molecule has 1 aromatic carbocycles. The predicted molar refractivity (Wildman–Crippen MR) is 102 cm³/mol. The summed E-state index contributed by atoms with van der Waals surface area (Å²) in [6.07, 6.45) is 4.07. The van der Waals surface area contributed by atoms with Crippen molar-refractivity contribution in [1.29, 1.82) is 0 Å². The lowest BCUT2D eigenvalue weighted by Crippen LogP contribution is -2.34. The summed E-state index contributed by atoms with van der Waals surface area (Å²) < 4.78 is 30.3. The van der Waals surface area contributed by atoms with Crippen LogP contribution in [0.25, 0.3) is 0 Å². The molecule has 3 rings (SSSR count). The summed E-state index contributed by atoms with van der Waals surface area (Å²) in [7, 11) is -3.82. The zero-order chi connectivity index (χ0) is 19.8. The molecule has 0 fully saturated rings. The van der Waals surface area contributed by atoms with Crippen LogP contribution in [-0.2, 0) is 16.3 Å². The molecule has 1 unspecified atom stereocenters. The molecule has 146 valence electrons. The highest BCUT2D eigenvalue weighted by Crippen LogP contribution is 2.39. The molecule has 1 atom stereocenters. The smallest absolute Gasteiger partial charge is 0.319 e. The van der Waals surface area contributed by atoms with Gasteiger partial charge in [0.05, 0.1) is 28.3 Å². The standard InChI is InChI=1S/C18H21ClN2O5S/c1-10(2)27(24,25)17-12(19)6-7-14(16(17)22)21-18(23)20-13-4-3-5-15-11(13)8-9-26-15/h6-10,13,22H,3-5H2,1-2H3,(H2,20,21,23). The van der Waals surface area contributed by atoms with Crippen molar-refractivity contribution in [3.05, 3.63) is 40.8 Å². The van der Waals surface area contributed by atoms with Gasteiger partial charge in [-0.3, -0.25) is 0 Å². The van der Waals surface area contributed by atoms with Gasteiger partial charge in [0.2, 0.25) is 0 Å². The number of aromatic hydroxyl groups is 1. The Morgan fingerprint density at radius 2 is 2.07 bits per heavy atom. The van der Waals surface area contributed by atoms with Gasteiger partial charge in [-0.1, -0.05) is 11.6 Å². The van der Waals surface area contributed by atoms with E-state index in [9.17, 15) is 18.3 Å². The molecule has 1 heterocycles. The highest BCUT2D eigenvalue weighted by molar-refractivity contribution is 7.92. The number of furan rings is 1.